The first kappa shape index (κ1) is 23.3. The first-order chi connectivity index (χ1) is 15.5. The lowest BCUT2D eigenvalue weighted by Gasteiger charge is -2.19. The van der Waals surface area contributed by atoms with E-state index in [-0.39, 0.29) is 10.9 Å². The number of hydrogen-bond donors (Lipinski definition) is 1. The molecule has 3 aromatic rings. The average Bonchev–Trinajstić information content (AvgIpc) is 3.38. The van der Waals surface area contributed by atoms with Crippen molar-refractivity contribution in [3.8, 4) is 17.5 Å². The molecule has 10 heteroatoms. The predicted octanol–water partition coefficient (Wildman–Crippen LogP) is 5.23. The maximum Gasteiger partial charge on any atom is 0.404 e. The van der Waals surface area contributed by atoms with Crippen LogP contribution in [0.4, 0.5) is 13.2 Å². The second kappa shape index (κ2) is 8.47. The molecule has 0 bridgehead atoms. The number of sulfonamides is 1. The quantitative estimate of drug-likeness (QED) is 0.546. The van der Waals surface area contributed by atoms with Crippen molar-refractivity contribution in [2.45, 2.75) is 62.7 Å². The highest BCUT2D eigenvalue weighted by Gasteiger charge is 2.39. The summed E-state index contributed by atoms with van der Waals surface area (Å²) in [5, 5.41) is 10.8. The number of hydrogen-bond acceptors (Lipinski definition) is 4. The molecule has 1 atom stereocenters. The highest BCUT2D eigenvalue weighted by Crippen LogP contribution is 2.41. The molecule has 1 N–H and O–H groups in total. The fraction of sp³-hybridized carbons (Fsp3) is 0.391. The molecule has 0 aliphatic heterocycles. The Morgan fingerprint density at radius 1 is 1.21 bits per heavy atom. The van der Waals surface area contributed by atoms with Gasteiger partial charge in [0, 0.05) is 17.6 Å². The van der Waals surface area contributed by atoms with Gasteiger partial charge in [-0.1, -0.05) is 25.0 Å². The van der Waals surface area contributed by atoms with E-state index in [1.54, 1.807) is 4.72 Å². The molecule has 6 nitrogen and oxygen atoms in total. The number of alkyl halides is 3. The van der Waals surface area contributed by atoms with Crippen molar-refractivity contribution < 1.29 is 21.6 Å². The van der Waals surface area contributed by atoms with E-state index in [2.05, 4.69) is 15.6 Å². The molecular formula is C23H23F3N4O2S. The van der Waals surface area contributed by atoms with Gasteiger partial charge in [0.25, 0.3) is 0 Å². The number of nitriles is 1. The maximum absolute atomic E-state index is 12.8. The van der Waals surface area contributed by atoms with E-state index in [0.717, 1.165) is 55.3 Å². The molecule has 33 heavy (non-hydrogen) atoms. The summed E-state index contributed by atoms with van der Waals surface area (Å²) in [5.41, 5.74) is 3.42. The van der Waals surface area contributed by atoms with Crippen LogP contribution in [-0.4, -0.2) is 30.2 Å². The van der Waals surface area contributed by atoms with Crippen LogP contribution in [0.25, 0.3) is 22.3 Å². The standard InChI is InChI=1S/C23H23F3N4O2S/c1-14-7-9-18-19(12-27)22(30(21(18)11-14)16-5-3-4-6-16)20-10-8-17(13-28-20)33(31,32)29-15(2)23(24,25)26/h7-11,13,15-16,29H,3-6H2,1-2H3/t15-/m0/s1. The van der Waals surface area contributed by atoms with E-state index in [4.69, 9.17) is 0 Å². The number of nitrogens with zero attached hydrogens (tertiary/aromatic N) is 3. The van der Waals surface area contributed by atoms with Crippen LogP contribution in [-0.2, 0) is 10.0 Å². The zero-order valence-electron chi connectivity index (χ0n) is 18.1. The van der Waals surface area contributed by atoms with Crippen molar-refractivity contribution in [2.75, 3.05) is 0 Å². The topological polar surface area (TPSA) is 87.8 Å². The summed E-state index contributed by atoms with van der Waals surface area (Å²) in [6.07, 6.45) is 0.394. The summed E-state index contributed by atoms with van der Waals surface area (Å²) in [7, 11) is -4.42. The Morgan fingerprint density at radius 2 is 1.91 bits per heavy atom. The van der Waals surface area contributed by atoms with Crippen molar-refractivity contribution in [1.82, 2.24) is 14.3 Å². The van der Waals surface area contributed by atoms with Crippen LogP contribution in [0.1, 0.15) is 49.8 Å². The van der Waals surface area contributed by atoms with Gasteiger partial charge >= 0.3 is 6.18 Å². The Hall–Kier alpha value is -2.90. The van der Waals surface area contributed by atoms with Crippen LogP contribution in [0.15, 0.2) is 41.4 Å². The Kier molecular flexibility index (Phi) is 5.97. The van der Waals surface area contributed by atoms with Gasteiger partial charge in [-0.05, 0) is 50.5 Å². The van der Waals surface area contributed by atoms with Gasteiger partial charge in [0.05, 0.1) is 22.5 Å². The highest BCUT2D eigenvalue weighted by molar-refractivity contribution is 7.89. The van der Waals surface area contributed by atoms with E-state index >= 15 is 0 Å². The Morgan fingerprint density at radius 3 is 2.48 bits per heavy atom. The Balaban J connectivity index is 1.81. The summed E-state index contributed by atoms with van der Waals surface area (Å²) >= 11 is 0. The molecule has 1 aromatic carbocycles. The van der Waals surface area contributed by atoms with E-state index in [0.29, 0.717) is 17.0 Å². The summed E-state index contributed by atoms with van der Waals surface area (Å²) in [6, 6.07) is 8.75. The van der Waals surface area contributed by atoms with Crippen molar-refractivity contribution in [1.29, 1.82) is 5.26 Å². The van der Waals surface area contributed by atoms with Crippen LogP contribution in [0, 0.1) is 18.3 Å². The number of halogens is 3. The van der Waals surface area contributed by atoms with E-state index < -0.39 is 22.2 Å². The minimum atomic E-state index is -4.71. The molecule has 0 unspecified atom stereocenters. The van der Waals surface area contributed by atoms with Crippen LogP contribution in [0.2, 0.25) is 0 Å². The zero-order valence-corrected chi connectivity index (χ0v) is 19.0. The minimum Gasteiger partial charge on any atom is -0.335 e. The number of aryl methyl sites for hydroxylation is 1. The first-order valence-electron chi connectivity index (χ1n) is 10.6. The van der Waals surface area contributed by atoms with Crippen molar-refractivity contribution in [2.24, 2.45) is 0 Å². The third-order valence-corrected chi connectivity index (χ3v) is 7.60. The lowest BCUT2D eigenvalue weighted by molar-refractivity contribution is -0.147. The fourth-order valence-electron chi connectivity index (χ4n) is 4.37. The van der Waals surface area contributed by atoms with E-state index in [1.807, 2.05) is 25.1 Å². The van der Waals surface area contributed by atoms with E-state index in [9.17, 15) is 26.9 Å². The third-order valence-electron chi connectivity index (χ3n) is 6.07. The Labute approximate surface area is 190 Å². The van der Waals surface area contributed by atoms with E-state index in [1.165, 1.54) is 12.1 Å². The summed E-state index contributed by atoms with van der Waals surface area (Å²) in [5.74, 6) is 0. The molecule has 4 rings (SSSR count). The van der Waals surface area contributed by atoms with Gasteiger partial charge in [0.1, 0.15) is 17.0 Å². The summed E-state index contributed by atoms with van der Waals surface area (Å²) in [4.78, 5) is 3.90. The van der Waals surface area contributed by atoms with Crippen LogP contribution in [0.5, 0.6) is 0 Å². The molecule has 1 aliphatic carbocycles. The molecule has 0 amide bonds. The van der Waals surface area contributed by atoms with Crippen molar-refractivity contribution >= 4 is 20.9 Å². The largest absolute Gasteiger partial charge is 0.404 e. The van der Waals surface area contributed by atoms with Gasteiger partial charge in [0.15, 0.2) is 0 Å². The second-order valence-corrected chi connectivity index (χ2v) is 10.1. The minimum absolute atomic E-state index is 0.186. The molecule has 2 aromatic heterocycles. The average molecular weight is 477 g/mol. The predicted molar refractivity (Wildman–Crippen MR) is 118 cm³/mol. The van der Waals surface area contributed by atoms with Crippen LogP contribution in [0.3, 0.4) is 0 Å². The van der Waals surface area contributed by atoms with Gasteiger partial charge in [-0.2, -0.15) is 23.2 Å². The van der Waals surface area contributed by atoms with Gasteiger partial charge in [0.2, 0.25) is 10.0 Å². The number of benzene rings is 1. The van der Waals surface area contributed by atoms with Gasteiger partial charge in [-0.25, -0.2) is 8.42 Å². The first-order valence-corrected chi connectivity index (χ1v) is 12.1. The molecule has 0 spiro atoms. The lowest BCUT2D eigenvalue weighted by atomic mass is 10.1. The van der Waals surface area contributed by atoms with Crippen LogP contribution >= 0.6 is 0 Å². The smallest absolute Gasteiger partial charge is 0.335 e. The number of aromatic nitrogens is 2. The molecule has 1 saturated carbocycles. The molecule has 1 fully saturated rings. The molecule has 1 aliphatic rings. The third kappa shape index (κ3) is 4.35. The normalized spacial score (nSPS) is 16.2. The number of fused-ring (bicyclic) bond motifs is 1. The van der Waals surface area contributed by atoms with Crippen LogP contribution < -0.4 is 4.72 Å². The number of nitrogens with one attached hydrogen (secondary N) is 1. The van der Waals surface area contributed by atoms with Gasteiger partial charge in [-0.3, -0.25) is 4.98 Å². The maximum atomic E-state index is 12.8. The molecule has 0 radical (unpaired) electrons. The second-order valence-electron chi connectivity index (χ2n) is 8.43. The monoisotopic (exact) mass is 476 g/mol. The lowest BCUT2D eigenvalue weighted by Crippen LogP contribution is -2.42. The number of rotatable bonds is 5. The highest BCUT2D eigenvalue weighted by atomic mass is 32.2. The van der Waals surface area contributed by atoms with Gasteiger partial charge < -0.3 is 4.57 Å². The number of pyridine rings is 1. The molecule has 2 heterocycles. The summed E-state index contributed by atoms with van der Waals surface area (Å²) in [6.45, 7) is 2.71. The molecular weight excluding hydrogens is 453 g/mol. The SMILES string of the molecule is Cc1ccc2c(C#N)c(-c3ccc(S(=O)(=O)N[C@@H](C)C(F)(F)F)cn3)n(C3CCCC3)c2c1. The van der Waals surface area contributed by atoms with Crippen molar-refractivity contribution in [3.05, 3.63) is 47.7 Å². The molecule has 174 valence electrons. The Bertz CT molecular complexity index is 1330. The summed E-state index contributed by atoms with van der Waals surface area (Å²) < 4.78 is 67.0. The molecule has 0 saturated heterocycles. The van der Waals surface area contributed by atoms with Crippen molar-refractivity contribution in [3.63, 3.8) is 0 Å². The zero-order chi connectivity index (χ0) is 24.0. The van der Waals surface area contributed by atoms with Gasteiger partial charge in [-0.15, -0.1) is 0 Å². The fourth-order valence-corrected chi connectivity index (χ4v) is 5.55.